The predicted octanol–water partition coefficient (Wildman–Crippen LogP) is 1.99. The molecule has 0 saturated carbocycles. The number of allylic oxidation sites excluding steroid dienone is 1. The Bertz CT molecular complexity index is 562. The molecular formula is C16H23N3O2. The SMILES string of the molecule is COCC1CN(C(=O)C2=CCCCC2)Cc2ncn(C)c21. The molecule has 1 aromatic rings. The molecule has 1 unspecified atom stereocenters. The fourth-order valence-electron chi connectivity index (χ4n) is 3.45. The molecule has 1 aromatic heterocycles. The molecule has 0 saturated heterocycles. The van der Waals surface area contributed by atoms with Crippen molar-refractivity contribution < 1.29 is 9.53 Å². The Morgan fingerprint density at radius 1 is 1.48 bits per heavy atom. The van der Waals surface area contributed by atoms with Gasteiger partial charge in [-0.25, -0.2) is 4.98 Å². The molecule has 5 nitrogen and oxygen atoms in total. The lowest BCUT2D eigenvalue weighted by Crippen LogP contribution is -2.41. The van der Waals surface area contributed by atoms with Crippen molar-refractivity contribution in [3.8, 4) is 0 Å². The van der Waals surface area contributed by atoms with E-state index in [4.69, 9.17) is 4.74 Å². The first-order valence-electron chi connectivity index (χ1n) is 7.68. The molecule has 0 radical (unpaired) electrons. The summed E-state index contributed by atoms with van der Waals surface area (Å²) in [6.07, 6.45) is 8.23. The fraction of sp³-hybridized carbons (Fsp3) is 0.625. The maximum absolute atomic E-state index is 12.7. The lowest BCUT2D eigenvalue weighted by molar-refractivity contribution is -0.129. The normalized spacial score (nSPS) is 21.9. The molecule has 1 amide bonds. The lowest BCUT2D eigenvalue weighted by atomic mass is 9.95. The first-order chi connectivity index (χ1) is 10.2. The third-order valence-corrected chi connectivity index (χ3v) is 4.45. The second-order valence-corrected chi connectivity index (χ2v) is 6.00. The Labute approximate surface area is 125 Å². The van der Waals surface area contributed by atoms with E-state index in [2.05, 4.69) is 15.6 Å². The number of aryl methyl sites for hydroxylation is 1. The van der Waals surface area contributed by atoms with E-state index in [1.807, 2.05) is 18.3 Å². The molecule has 0 N–H and O–H groups in total. The number of hydrogen-bond acceptors (Lipinski definition) is 3. The van der Waals surface area contributed by atoms with Crippen LogP contribution in [-0.2, 0) is 23.1 Å². The molecule has 0 fully saturated rings. The van der Waals surface area contributed by atoms with Gasteiger partial charge in [-0.3, -0.25) is 4.79 Å². The molecule has 114 valence electrons. The predicted molar refractivity (Wildman–Crippen MR) is 79.8 cm³/mol. The van der Waals surface area contributed by atoms with Crippen molar-refractivity contribution in [2.45, 2.75) is 38.1 Å². The Morgan fingerprint density at radius 2 is 2.33 bits per heavy atom. The number of ether oxygens (including phenoxy) is 1. The van der Waals surface area contributed by atoms with E-state index in [0.29, 0.717) is 13.2 Å². The average Bonchev–Trinajstić information content (AvgIpc) is 2.89. The monoisotopic (exact) mass is 289 g/mol. The van der Waals surface area contributed by atoms with Crippen LogP contribution in [0.15, 0.2) is 18.0 Å². The van der Waals surface area contributed by atoms with Gasteiger partial charge < -0.3 is 14.2 Å². The van der Waals surface area contributed by atoms with Crippen molar-refractivity contribution >= 4 is 5.91 Å². The molecule has 3 rings (SSSR count). The Balaban J connectivity index is 1.82. The van der Waals surface area contributed by atoms with Crippen LogP contribution in [0.1, 0.15) is 43.0 Å². The third-order valence-electron chi connectivity index (χ3n) is 4.45. The zero-order valence-corrected chi connectivity index (χ0v) is 12.8. The van der Waals surface area contributed by atoms with E-state index in [1.54, 1.807) is 7.11 Å². The Hall–Kier alpha value is -1.62. The van der Waals surface area contributed by atoms with Crippen LogP contribution in [0.5, 0.6) is 0 Å². The number of nitrogens with zero attached hydrogens (tertiary/aromatic N) is 3. The quantitative estimate of drug-likeness (QED) is 0.855. The summed E-state index contributed by atoms with van der Waals surface area (Å²) in [4.78, 5) is 19.1. The summed E-state index contributed by atoms with van der Waals surface area (Å²) < 4.78 is 7.40. The van der Waals surface area contributed by atoms with Crippen molar-refractivity contribution in [2.75, 3.05) is 20.3 Å². The molecule has 0 aromatic carbocycles. The molecule has 0 bridgehead atoms. The highest BCUT2D eigenvalue weighted by Crippen LogP contribution is 2.29. The third kappa shape index (κ3) is 2.75. The summed E-state index contributed by atoms with van der Waals surface area (Å²) in [5.41, 5.74) is 3.20. The molecule has 1 aliphatic heterocycles. The second-order valence-electron chi connectivity index (χ2n) is 6.00. The van der Waals surface area contributed by atoms with Gasteiger partial charge >= 0.3 is 0 Å². The van der Waals surface area contributed by atoms with Crippen LogP contribution < -0.4 is 0 Å². The number of carbonyl (C=O) groups excluding carboxylic acids is 1. The van der Waals surface area contributed by atoms with Gasteiger partial charge in [0.15, 0.2) is 0 Å². The second kappa shape index (κ2) is 6.02. The largest absolute Gasteiger partial charge is 0.384 e. The smallest absolute Gasteiger partial charge is 0.249 e. The summed E-state index contributed by atoms with van der Waals surface area (Å²) in [6, 6.07) is 0. The molecule has 21 heavy (non-hydrogen) atoms. The highest BCUT2D eigenvalue weighted by Gasteiger charge is 2.32. The first-order valence-corrected chi connectivity index (χ1v) is 7.68. The molecule has 1 atom stereocenters. The highest BCUT2D eigenvalue weighted by molar-refractivity contribution is 5.93. The van der Waals surface area contributed by atoms with Gasteiger partial charge in [-0.15, -0.1) is 0 Å². The number of hydrogen-bond donors (Lipinski definition) is 0. The molecular weight excluding hydrogens is 266 g/mol. The maximum atomic E-state index is 12.7. The van der Waals surface area contributed by atoms with E-state index in [9.17, 15) is 4.79 Å². The average molecular weight is 289 g/mol. The summed E-state index contributed by atoms with van der Waals surface area (Å²) in [5, 5.41) is 0. The van der Waals surface area contributed by atoms with Gasteiger partial charge in [-0.1, -0.05) is 6.08 Å². The van der Waals surface area contributed by atoms with Gasteiger partial charge in [0, 0.05) is 37.9 Å². The number of amides is 1. The summed E-state index contributed by atoms with van der Waals surface area (Å²) in [6.45, 7) is 1.96. The first kappa shape index (κ1) is 14.3. The molecule has 1 aliphatic carbocycles. The van der Waals surface area contributed by atoms with Crippen LogP contribution in [0.25, 0.3) is 0 Å². The fourth-order valence-corrected chi connectivity index (χ4v) is 3.45. The molecule has 5 heteroatoms. The minimum atomic E-state index is 0.187. The topological polar surface area (TPSA) is 47.4 Å². The van der Waals surface area contributed by atoms with Gasteiger partial charge in [0.1, 0.15) is 0 Å². The number of rotatable bonds is 3. The highest BCUT2D eigenvalue weighted by atomic mass is 16.5. The van der Waals surface area contributed by atoms with Gasteiger partial charge in [0.05, 0.1) is 25.2 Å². The van der Waals surface area contributed by atoms with Crippen LogP contribution in [0.2, 0.25) is 0 Å². The number of fused-ring (bicyclic) bond motifs is 1. The van der Waals surface area contributed by atoms with Crippen molar-refractivity contribution in [1.82, 2.24) is 14.5 Å². The van der Waals surface area contributed by atoms with Gasteiger partial charge in [-0.05, 0) is 25.7 Å². The Kier molecular flexibility index (Phi) is 4.10. The van der Waals surface area contributed by atoms with E-state index in [1.165, 1.54) is 12.1 Å². The summed E-state index contributed by atoms with van der Waals surface area (Å²) in [7, 11) is 3.72. The van der Waals surface area contributed by atoms with Crippen LogP contribution >= 0.6 is 0 Å². The van der Waals surface area contributed by atoms with E-state index >= 15 is 0 Å². The van der Waals surface area contributed by atoms with Crippen LogP contribution in [0, 0.1) is 0 Å². The number of imidazole rings is 1. The minimum absolute atomic E-state index is 0.187. The van der Waals surface area contributed by atoms with Crippen LogP contribution in [0.3, 0.4) is 0 Å². The molecule has 2 heterocycles. The van der Waals surface area contributed by atoms with E-state index in [0.717, 1.165) is 37.1 Å². The van der Waals surface area contributed by atoms with E-state index < -0.39 is 0 Å². The summed E-state index contributed by atoms with van der Waals surface area (Å²) in [5.74, 6) is 0.395. The lowest BCUT2D eigenvalue weighted by Gasteiger charge is -2.33. The standard InChI is InChI=1S/C16H23N3O2/c1-18-11-17-14-9-19(8-13(10-21-2)15(14)18)16(20)12-6-4-3-5-7-12/h6,11,13H,3-5,7-10H2,1-2H3. The number of carbonyl (C=O) groups is 1. The minimum Gasteiger partial charge on any atom is -0.384 e. The van der Waals surface area contributed by atoms with Crippen molar-refractivity contribution in [2.24, 2.45) is 7.05 Å². The van der Waals surface area contributed by atoms with Crippen LogP contribution in [0.4, 0.5) is 0 Å². The zero-order valence-electron chi connectivity index (χ0n) is 12.8. The van der Waals surface area contributed by atoms with Gasteiger partial charge in [-0.2, -0.15) is 0 Å². The van der Waals surface area contributed by atoms with Crippen molar-refractivity contribution in [3.63, 3.8) is 0 Å². The zero-order chi connectivity index (χ0) is 14.8. The van der Waals surface area contributed by atoms with Crippen molar-refractivity contribution in [3.05, 3.63) is 29.4 Å². The number of methoxy groups -OCH3 is 1. The van der Waals surface area contributed by atoms with E-state index in [-0.39, 0.29) is 11.8 Å². The molecule has 0 spiro atoms. The van der Waals surface area contributed by atoms with Gasteiger partial charge in [0.25, 0.3) is 0 Å². The molecule has 2 aliphatic rings. The summed E-state index contributed by atoms with van der Waals surface area (Å²) >= 11 is 0. The van der Waals surface area contributed by atoms with Crippen LogP contribution in [-0.4, -0.2) is 40.6 Å². The maximum Gasteiger partial charge on any atom is 0.249 e. The number of aromatic nitrogens is 2. The Morgan fingerprint density at radius 3 is 3.05 bits per heavy atom. The van der Waals surface area contributed by atoms with Gasteiger partial charge in [0.2, 0.25) is 5.91 Å². The van der Waals surface area contributed by atoms with Crippen molar-refractivity contribution in [1.29, 1.82) is 0 Å².